The van der Waals surface area contributed by atoms with Gasteiger partial charge in [-0.05, 0) is 25.7 Å². The molecule has 1 saturated heterocycles. The third-order valence-electron chi connectivity index (χ3n) is 3.94. The molecule has 0 spiro atoms. The van der Waals surface area contributed by atoms with Gasteiger partial charge in [-0.1, -0.05) is 0 Å². The Kier molecular flexibility index (Phi) is 5.24. The summed E-state index contributed by atoms with van der Waals surface area (Å²) in [5.74, 6) is -0.377. The molecule has 1 aliphatic rings. The fraction of sp³-hybridized carbons (Fsp3) is 0.643. The fourth-order valence-corrected chi connectivity index (χ4v) is 3.42. The van der Waals surface area contributed by atoms with Crippen molar-refractivity contribution in [3.8, 4) is 6.07 Å². The zero-order valence-electron chi connectivity index (χ0n) is 12.8. The van der Waals surface area contributed by atoms with Crippen LogP contribution in [0.4, 0.5) is 13.2 Å². The predicted molar refractivity (Wildman–Crippen MR) is 79.6 cm³/mol. The molecule has 126 valence electrons. The molecule has 1 aliphatic heterocycles. The lowest BCUT2D eigenvalue weighted by atomic mass is 9.98. The molecule has 2 rings (SSSR count). The van der Waals surface area contributed by atoms with Gasteiger partial charge in [-0.3, -0.25) is 9.48 Å². The zero-order chi connectivity index (χ0) is 17.2. The largest absolute Gasteiger partial charge is 0.435 e. The number of alkyl halides is 3. The number of rotatable bonds is 3. The van der Waals surface area contributed by atoms with Crippen LogP contribution in [0.25, 0.3) is 0 Å². The van der Waals surface area contributed by atoms with E-state index in [9.17, 15) is 18.0 Å². The number of thioether (sulfide) groups is 1. The van der Waals surface area contributed by atoms with E-state index >= 15 is 0 Å². The smallest absolute Gasteiger partial charge is 0.340 e. The first-order chi connectivity index (χ1) is 10.8. The Hall–Kier alpha value is -1.69. The maximum atomic E-state index is 12.6. The van der Waals surface area contributed by atoms with Gasteiger partial charge in [0, 0.05) is 24.0 Å². The highest BCUT2D eigenvalue weighted by Crippen LogP contribution is 2.29. The summed E-state index contributed by atoms with van der Waals surface area (Å²) in [6.07, 6.45) is -2.05. The van der Waals surface area contributed by atoms with Gasteiger partial charge in [-0.15, -0.1) is 0 Å². The second kappa shape index (κ2) is 6.83. The summed E-state index contributed by atoms with van der Waals surface area (Å²) in [6.45, 7) is 2.15. The Bertz CT molecular complexity index is 623. The Morgan fingerprint density at radius 1 is 1.57 bits per heavy atom. The van der Waals surface area contributed by atoms with Gasteiger partial charge in [-0.2, -0.15) is 35.3 Å². The third-order valence-corrected chi connectivity index (χ3v) is 5.02. The Morgan fingerprint density at radius 2 is 2.26 bits per heavy atom. The van der Waals surface area contributed by atoms with Crippen LogP contribution in [0.15, 0.2) is 6.07 Å². The van der Waals surface area contributed by atoms with Crippen molar-refractivity contribution in [1.29, 1.82) is 5.26 Å². The molecule has 1 aromatic heterocycles. The predicted octanol–water partition coefficient (Wildman–Crippen LogP) is 2.31. The SMILES string of the molecule is CSC1CN(C(=O)Cn2nc(C(F)(F)F)cc2C)CCC1C#N. The lowest BCUT2D eigenvalue weighted by Crippen LogP contribution is -2.46. The number of carbonyl (C=O) groups excluding carboxylic acids is 1. The van der Waals surface area contributed by atoms with E-state index in [0.29, 0.717) is 25.2 Å². The Balaban J connectivity index is 2.05. The van der Waals surface area contributed by atoms with Gasteiger partial charge in [0.2, 0.25) is 5.91 Å². The molecule has 9 heteroatoms. The first kappa shape index (κ1) is 17.7. The van der Waals surface area contributed by atoms with Gasteiger partial charge in [0.15, 0.2) is 5.69 Å². The summed E-state index contributed by atoms with van der Waals surface area (Å²) < 4.78 is 39.0. The van der Waals surface area contributed by atoms with Crippen molar-refractivity contribution in [2.24, 2.45) is 5.92 Å². The molecule has 23 heavy (non-hydrogen) atoms. The van der Waals surface area contributed by atoms with Gasteiger partial charge in [0.25, 0.3) is 0 Å². The van der Waals surface area contributed by atoms with Crippen molar-refractivity contribution in [2.75, 3.05) is 19.3 Å². The van der Waals surface area contributed by atoms with Crippen LogP contribution in [-0.4, -0.2) is 45.2 Å². The summed E-state index contributed by atoms with van der Waals surface area (Å²) in [6, 6.07) is 3.17. The lowest BCUT2D eigenvalue weighted by Gasteiger charge is -2.34. The van der Waals surface area contributed by atoms with Crippen molar-refractivity contribution in [3.63, 3.8) is 0 Å². The number of nitriles is 1. The van der Waals surface area contributed by atoms with Crippen molar-refractivity contribution in [1.82, 2.24) is 14.7 Å². The number of aromatic nitrogens is 2. The van der Waals surface area contributed by atoms with E-state index in [-0.39, 0.29) is 23.6 Å². The number of aryl methyl sites for hydroxylation is 1. The van der Waals surface area contributed by atoms with Crippen LogP contribution in [-0.2, 0) is 17.5 Å². The highest BCUT2D eigenvalue weighted by Gasteiger charge is 2.35. The molecule has 1 amide bonds. The third kappa shape index (κ3) is 3.99. The summed E-state index contributed by atoms with van der Waals surface area (Å²) in [5, 5.41) is 12.6. The Labute approximate surface area is 136 Å². The second-order valence-corrected chi connectivity index (χ2v) is 6.54. The minimum absolute atomic E-state index is 0.0298. The normalized spacial score (nSPS) is 22.0. The Morgan fingerprint density at radius 3 is 2.78 bits per heavy atom. The monoisotopic (exact) mass is 346 g/mol. The highest BCUT2D eigenvalue weighted by molar-refractivity contribution is 7.99. The molecular formula is C14H17F3N4OS. The molecule has 0 saturated carbocycles. The molecule has 1 fully saturated rings. The molecule has 0 radical (unpaired) electrons. The first-order valence-corrected chi connectivity index (χ1v) is 8.37. The van der Waals surface area contributed by atoms with Gasteiger partial charge >= 0.3 is 6.18 Å². The van der Waals surface area contributed by atoms with Crippen LogP contribution >= 0.6 is 11.8 Å². The highest BCUT2D eigenvalue weighted by atomic mass is 32.2. The van der Waals surface area contributed by atoms with E-state index in [1.165, 1.54) is 18.7 Å². The quantitative estimate of drug-likeness (QED) is 0.843. The van der Waals surface area contributed by atoms with E-state index in [0.717, 1.165) is 10.7 Å². The standard InChI is InChI=1S/C14H17F3N4OS/c1-9-5-12(14(15,16)17)19-21(9)8-13(22)20-4-3-10(6-18)11(7-20)23-2/h5,10-11H,3-4,7-8H2,1-2H3. The average Bonchev–Trinajstić information content (AvgIpc) is 2.87. The van der Waals surface area contributed by atoms with Gasteiger partial charge in [0.1, 0.15) is 6.54 Å². The number of hydrogen-bond donors (Lipinski definition) is 0. The summed E-state index contributed by atoms with van der Waals surface area (Å²) >= 11 is 1.53. The maximum absolute atomic E-state index is 12.6. The molecule has 5 nitrogen and oxygen atoms in total. The van der Waals surface area contributed by atoms with Crippen molar-refractivity contribution in [3.05, 3.63) is 17.5 Å². The molecule has 2 atom stereocenters. The summed E-state index contributed by atoms with van der Waals surface area (Å²) in [4.78, 5) is 13.9. The van der Waals surface area contributed by atoms with E-state index in [2.05, 4.69) is 11.2 Å². The number of carbonyl (C=O) groups is 1. The number of nitrogens with zero attached hydrogens (tertiary/aromatic N) is 4. The van der Waals surface area contributed by atoms with Crippen molar-refractivity contribution in [2.45, 2.75) is 31.3 Å². The van der Waals surface area contributed by atoms with Crippen molar-refractivity contribution >= 4 is 17.7 Å². The molecule has 0 N–H and O–H groups in total. The summed E-state index contributed by atoms with van der Waals surface area (Å²) in [7, 11) is 0. The minimum atomic E-state index is -4.52. The van der Waals surface area contributed by atoms with Crippen LogP contribution in [0.2, 0.25) is 0 Å². The zero-order valence-corrected chi connectivity index (χ0v) is 13.6. The van der Waals surface area contributed by atoms with Crippen LogP contribution in [0, 0.1) is 24.2 Å². The van der Waals surface area contributed by atoms with Crippen LogP contribution in [0.3, 0.4) is 0 Å². The van der Waals surface area contributed by atoms with Crippen LogP contribution < -0.4 is 0 Å². The first-order valence-electron chi connectivity index (χ1n) is 7.08. The van der Waals surface area contributed by atoms with Gasteiger partial charge < -0.3 is 4.90 Å². The molecule has 0 bridgehead atoms. The number of amides is 1. The molecule has 0 aliphatic carbocycles. The number of halogens is 3. The molecule has 0 aromatic carbocycles. The number of likely N-dealkylation sites (tertiary alicyclic amines) is 1. The molecule has 1 aromatic rings. The maximum Gasteiger partial charge on any atom is 0.435 e. The lowest BCUT2D eigenvalue weighted by molar-refractivity contribution is -0.142. The van der Waals surface area contributed by atoms with E-state index in [1.54, 1.807) is 4.90 Å². The molecular weight excluding hydrogens is 329 g/mol. The molecule has 2 unspecified atom stereocenters. The topological polar surface area (TPSA) is 61.9 Å². The van der Waals surface area contributed by atoms with E-state index in [1.807, 2.05) is 6.26 Å². The van der Waals surface area contributed by atoms with E-state index < -0.39 is 11.9 Å². The number of hydrogen-bond acceptors (Lipinski definition) is 4. The van der Waals surface area contributed by atoms with E-state index in [4.69, 9.17) is 5.26 Å². The fourth-order valence-electron chi connectivity index (χ4n) is 2.57. The van der Waals surface area contributed by atoms with Gasteiger partial charge in [0.05, 0.1) is 12.0 Å². The number of piperidine rings is 1. The van der Waals surface area contributed by atoms with Gasteiger partial charge in [-0.25, -0.2) is 0 Å². The average molecular weight is 346 g/mol. The summed E-state index contributed by atoms with van der Waals surface area (Å²) in [5.41, 5.74) is -0.702. The molecule has 2 heterocycles. The van der Waals surface area contributed by atoms with Crippen molar-refractivity contribution < 1.29 is 18.0 Å². The second-order valence-electron chi connectivity index (χ2n) is 5.46. The van der Waals surface area contributed by atoms with Crippen LogP contribution in [0.1, 0.15) is 17.8 Å². The minimum Gasteiger partial charge on any atom is -0.340 e. The van der Waals surface area contributed by atoms with Crippen LogP contribution in [0.5, 0.6) is 0 Å².